The summed E-state index contributed by atoms with van der Waals surface area (Å²) in [4.78, 5) is 12.9. The van der Waals surface area contributed by atoms with Crippen molar-refractivity contribution in [3.8, 4) is 0 Å². The minimum atomic E-state index is -0.728. The Kier molecular flexibility index (Phi) is 4.02. The highest BCUT2D eigenvalue weighted by molar-refractivity contribution is 5.67. The molecule has 3 nitrogen and oxygen atoms in total. The number of rotatable bonds is 4. The molecule has 0 unspecified atom stereocenters. The van der Waals surface area contributed by atoms with Crippen molar-refractivity contribution in [3.05, 3.63) is 29.8 Å². The summed E-state index contributed by atoms with van der Waals surface area (Å²) in [6, 6.07) is 8.29. The second-order valence-electron chi connectivity index (χ2n) is 4.61. The van der Waals surface area contributed by atoms with Crippen LogP contribution in [0.5, 0.6) is 0 Å². The topological polar surface area (TPSA) is 40.5 Å². The Morgan fingerprint density at radius 3 is 2.71 bits per heavy atom. The molecule has 3 heteroatoms. The monoisotopic (exact) mass is 233 g/mol. The molecule has 1 aliphatic heterocycles. The zero-order valence-electron chi connectivity index (χ0n) is 10.1. The maximum Gasteiger partial charge on any atom is 0.303 e. The Hall–Kier alpha value is -1.51. The third-order valence-electron chi connectivity index (χ3n) is 3.26. The van der Waals surface area contributed by atoms with E-state index < -0.39 is 5.97 Å². The summed E-state index contributed by atoms with van der Waals surface area (Å²) in [7, 11) is 0. The second kappa shape index (κ2) is 5.71. The van der Waals surface area contributed by atoms with Gasteiger partial charge in [-0.2, -0.15) is 0 Å². The van der Waals surface area contributed by atoms with E-state index in [-0.39, 0.29) is 6.42 Å². The zero-order chi connectivity index (χ0) is 12.1. The molecule has 0 bridgehead atoms. The summed E-state index contributed by atoms with van der Waals surface area (Å²) in [6.07, 6.45) is 4.69. The van der Waals surface area contributed by atoms with Crippen LogP contribution in [0.2, 0.25) is 0 Å². The van der Waals surface area contributed by atoms with Gasteiger partial charge in [0.2, 0.25) is 0 Å². The molecule has 1 aromatic carbocycles. The summed E-state index contributed by atoms with van der Waals surface area (Å²) in [5, 5.41) is 8.68. The largest absolute Gasteiger partial charge is 0.481 e. The van der Waals surface area contributed by atoms with E-state index in [1.54, 1.807) is 0 Å². The molecule has 1 aliphatic rings. The number of benzene rings is 1. The van der Waals surface area contributed by atoms with Gasteiger partial charge in [0.05, 0.1) is 0 Å². The fraction of sp³-hybridized carbons (Fsp3) is 0.500. The van der Waals surface area contributed by atoms with E-state index in [0.717, 1.165) is 18.7 Å². The quantitative estimate of drug-likeness (QED) is 0.869. The maximum atomic E-state index is 10.5. The average molecular weight is 233 g/mol. The van der Waals surface area contributed by atoms with Gasteiger partial charge in [-0.25, -0.2) is 0 Å². The third kappa shape index (κ3) is 3.48. The summed E-state index contributed by atoms with van der Waals surface area (Å²) >= 11 is 0. The van der Waals surface area contributed by atoms with Crippen LogP contribution in [-0.4, -0.2) is 24.2 Å². The fourth-order valence-corrected chi connectivity index (χ4v) is 2.31. The molecule has 1 N–H and O–H groups in total. The standard InChI is InChI=1S/C14H19NO2/c16-14(17)8-7-12-5-4-6-13(11-12)15-9-2-1-3-10-15/h4-6,11H,1-3,7-10H2,(H,16,17). The summed E-state index contributed by atoms with van der Waals surface area (Å²) in [5.41, 5.74) is 2.36. The van der Waals surface area contributed by atoms with Crippen LogP contribution in [0.3, 0.4) is 0 Å². The van der Waals surface area contributed by atoms with Crippen LogP contribution < -0.4 is 4.90 Å². The highest BCUT2D eigenvalue weighted by Crippen LogP contribution is 2.21. The number of hydrogen-bond donors (Lipinski definition) is 1. The van der Waals surface area contributed by atoms with E-state index in [9.17, 15) is 4.79 Å². The van der Waals surface area contributed by atoms with Crippen LogP contribution in [0.25, 0.3) is 0 Å². The molecule has 92 valence electrons. The Labute approximate surface area is 102 Å². The molecular formula is C14H19NO2. The van der Waals surface area contributed by atoms with Gasteiger partial charge >= 0.3 is 5.97 Å². The lowest BCUT2D eigenvalue weighted by Crippen LogP contribution is -2.29. The van der Waals surface area contributed by atoms with Gasteiger partial charge in [0.1, 0.15) is 0 Å². The lowest BCUT2D eigenvalue weighted by molar-refractivity contribution is -0.136. The zero-order valence-corrected chi connectivity index (χ0v) is 10.1. The van der Waals surface area contributed by atoms with Crippen molar-refractivity contribution in [1.82, 2.24) is 0 Å². The fourth-order valence-electron chi connectivity index (χ4n) is 2.31. The molecule has 0 radical (unpaired) electrons. The Balaban J connectivity index is 2.02. The molecule has 1 heterocycles. The lowest BCUT2D eigenvalue weighted by Gasteiger charge is -2.29. The Morgan fingerprint density at radius 1 is 1.24 bits per heavy atom. The van der Waals surface area contributed by atoms with E-state index in [2.05, 4.69) is 17.0 Å². The summed E-state index contributed by atoms with van der Waals surface area (Å²) in [5.74, 6) is -0.728. The van der Waals surface area contributed by atoms with Crippen LogP contribution >= 0.6 is 0 Å². The predicted octanol–water partition coefficient (Wildman–Crippen LogP) is 2.69. The van der Waals surface area contributed by atoms with Gasteiger partial charge in [-0.3, -0.25) is 4.79 Å². The number of hydrogen-bond acceptors (Lipinski definition) is 2. The van der Waals surface area contributed by atoms with Gasteiger partial charge in [0.25, 0.3) is 0 Å². The van der Waals surface area contributed by atoms with Gasteiger partial charge in [0, 0.05) is 25.2 Å². The molecule has 17 heavy (non-hydrogen) atoms. The van der Waals surface area contributed by atoms with Crippen LogP contribution in [0.1, 0.15) is 31.2 Å². The maximum absolute atomic E-state index is 10.5. The molecule has 0 atom stereocenters. The molecule has 1 fully saturated rings. The smallest absolute Gasteiger partial charge is 0.303 e. The van der Waals surface area contributed by atoms with Gasteiger partial charge in [-0.1, -0.05) is 12.1 Å². The first kappa shape index (κ1) is 12.0. The third-order valence-corrected chi connectivity index (χ3v) is 3.26. The number of carboxylic acid groups (broad SMARTS) is 1. The molecule has 1 aromatic rings. The molecule has 0 saturated carbocycles. The van der Waals surface area contributed by atoms with Gasteiger partial charge in [0.15, 0.2) is 0 Å². The number of carbonyl (C=O) groups is 1. The van der Waals surface area contributed by atoms with Crippen LogP contribution in [0, 0.1) is 0 Å². The van der Waals surface area contributed by atoms with Crippen molar-refractivity contribution in [2.45, 2.75) is 32.1 Å². The van der Waals surface area contributed by atoms with Crippen molar-refractivity contribution < 1.29 is 9.90 Å². The van der Waals surface area contributed by atoms with Crippen molar-refractivity contribution in [2.24, 2.45) is 0 Å². The summed E-state index contributed by atoms with van der Waals surface area (Å²) in [6.45, 7) is 2.25. The Bertz CT molecular complexity index is 384. The second-order valence-corrected chi connectivity index (χ2v) is 4.61. The van der Waals surface area contributed by atoms with E-state index in [1.807, 2.05) is 12.1 Å². The number of anilines is 1. The van der Waals surface area contributed by atoms with Crippen LogP contribution in [0.15, 0.2) is 24.3 Å². The molecule has 0 spiro atoms. The van der Waals surface area contributed by atoms with Gasteiger partial charge in [-0.15, -0.1) is 0 Å². The van der Waals surface area contributed by atoms with Crippen molar-refractivity contribution in [3.63, 3.8) is 0 Å². The number of carboxylic acids is 1. The lowest BCUT2D eigenvalue weighted by atomic mass is 10.1. The summed E-state index contributed by atoms with van der Waals surface area (Å²) < 4.78 is 0. The number of piperidine rings is 1. The number of nitrogens with zero attached hydrogens (tertiary/aromatic N) is 1. The highest BCUT2D eigenvalue weighted by Gasteiger charge is 2.11. The van der Waals surface area contributed by atoms with E-state index in [0.29, 0.717) is 6.42 Å². The molecule has 0 aliphatic carbocycles. The van der Waals surface area contributed by atoms with Gasteiger partial charge in [-0.05, 0) is 43.4 Å². The van der Waals surface area contributed by atoms with Crippen LogP contribution in [0.4, 0.5) is 5.69 Å². The number of aryl methyl sites for hydroxylation is 1. The minimum absolute atomic E-state index is 0.212. The average Bonchev–Trinajstić information content (AvgIpc) is 2.38. The SMILES string of the molecule is O=C(O)CCc1cccc(N2CCCCC2)c1. The molecule has 0 aromatic heterocycles. The number of aliphatic carboxylic acids is 1. The normalized spacial score (nSPS) is 15.9. The van der Waals surface area contributed by atoms with E-state index in [4.69, 9.17) is 5.11 Å². The van der Waals surface area contributed by atoms with Crippen molar-refractivity contribution in [1.29, 1.82) is 0 Å². The first-order chi connectivity index (χ1) is 8.25. The predicted molar refractivity (Wildman–Crippen MR) is 68.5 cm³/mol. The van der Waals surface area contributed by atoms with Crippen LogP contribution in [-0.2, 0) is 11.2 Å². The Morgan fingerprint density at radius 2 is 2.00 bits per heavy atom. The molecule has 1 saturated heterocycles. The highest BCUT2D eigenvalue weighted by atomic mass is 16.4. The van der Waals surface area contributed by atoms with E-state index >= 15 is 0 Å². The van der Waals surface area contributed by atoms with E-state index in [1.165, 1.54) is 24.9 Å². The first-order valence-electron chi connectivity index (χ1n) is 6.31. The van der Waals surface area contributed by atoms with Crippen molar-refractivity contribution in [2.75, 3.05) is 18.0 Å². The first-order valence-corrected chi connectivity index (χ1v) is 6.31. The molecule has 0 amide bonds. The molecular weight excluding hydrogens is 214 g/mol. The van der Waals surface area contributed by atoms with Gasteiger partial charge < -0.3 is 10.0 Å². The minimum Gasteiger partial charge on any atom is -0.481 e. The van der Waals surface area contributed by atoms with Crippen molar-refractivity contribution >= 4 is 11.7 Å². The molecule has 2 rings (SSSR count).